The first-order valence-electron chi connectivity index (χ1n) is 10.8. The number of aromatic amines is 2. The fraction of sp³-hybridized carbons (Fsp3) is 0.120. The molecule has 0 aliphatic rings. The molecule has 0 fully saturated rings. The minimum absolute atomic E-state index is 0.183. The zero-order chi connectivity index (χ0) is 24.4. The van der Waals surface area contributed by atoms with Crippen LogP contribution in [0.15, 0.2) is 72.0 Å². The lowest BCUT2D eigenvalue weighted by Gasteiger charge is -2.18. The molecule has 5 rings (SSSR count). The van der Waals surface area contributed by atoms with Crippen molar-refractivity contribution in [2.24, 2.45) is 0 Å². The quantitative estimate of drug-likeness (QED) is 0.293. The number of imidazole rings is 1. The largest absolute Gasteiger partial charge is 0.481 e. The SMILES string of the molecule is COc1ccc2[nH]c(SN(C(C)=O)c3ccc(C(=O)NCc4cccc5[nH]ccc45)cc3)nc2n1. The number of H-pyrrole nitrogens is 2. The van der Waals surface area contributed by atoms with E-state index >= 15 is 0 Å². The summed E-state index contributed by atoms with van der Waals surface area (Å²) in [4.78, 5) is 40.1. The van der Waals surface area contributed by atoms with Gasteiger partial charge in [0.05, 0.1) is 18.3 Å². The van der Waals surface area contributed by atoms with Gasteiger partial charge in [-0.2, -0.15) is 4.98 Å². The lowest BCUT2D eigenvalue weighted by atomic mass is 10.1. The van der Waals surface area contributed by atoms with E-state index < -0.39 is 0 Å². The number of rotatable bonds is 7. The lowest BCUT2D eigenvalue weighted by molar-refractivity contribution is -0.115. The van der Waals surface area contributed by atoms with E-state index in [2.05, 4.69) is 25.3 Å². The van der Waals surface area contributed by atoms with Gasteiger partial charge in [-0.15, -0.1) is 0 Å². The van der Waals surface area contributed by atoms with Crippen LogP contribution in [-0.4, -0.2) is 38.9 Å². The molecule has 0 spiro atoms. The molecule has 9 nitrogen and oxygen atoms in total. The van der Waals surface area contributed by atoms with Gasteiger partial charge in [-0.3, -0.25) is 9.59 Å². The zero-order valence-corrected chi connectivity index (χ0v) is 19.8. The van der Waals surface area contributed by atoms with Crippen molar-refractivity contribution in [1.82, 2.24) is 25.3 Å². The lowest BCUT2D eigenvalue weighted by Crippen LogP contribution is -2.23. The van der Waals surface area contributed by atoms with Gasteiger partial charge in [0.1, 0.15) is 0 Å². The third-order valence-electron chi connectivity index (χ3n) is 5.46. The molecule has 10 heteroatoms. The first-order valence-corrected chi connectivity index (χ1v) is 11.6. The molecular weight excluding hydrogens is 464 g/mol. The molecule has 3 aromatic heterocycles. The Labute approximate surface area is 205 Å². The summed E-state index contributed by atoms with van der Waals surface area (Å²) in [5.41, 5.74) is 4.43. The number of carbonyl (C=O) groups is 2. The third kappa shape index (κ3) is 4.69. The summed E-state index contributed by atoms with van der Waals surface area (Å²) in [6.45, 7) is 1.88. The van der Waals surface area contributed by atoms with Crippen LogP contribution in [0.25, 0.3) is 22.1 Å². The van der Waals surface area contributed by atoms with E-state index in [4.69, 9.17) is 4.74 Å². The van der Waals surface area contributed by atoms with E-state index in [0.717, 1.165) is 33.9 Å². The Bertz CT molecular complexity index is 1530. The molecule has 0 aliphatic heterocycles. The van der Waals surface area contributed by atoms with Crippen LogP contribution in [0.3, 0.4) is 0 Å². The fourth-order valence-corrected chi connectivity index (χ4v) is 4.54. The van der Waals surface area contributed by atoms with Gasteiger partial charge in [0, 0.05) is 54.1 Å². The highest BCUT2D eigenvalue weighted by atomic mass is 32.2. The topological polar surface area (TPSA) is 116 Å². The van der Waals surface area contributed by atoms with Crippen LogP contribution < -0.4 is 14.4 Å². The average molecular weight is 487 g/mol. The molecule has 0 atom stereocenters. The normalized spacial score (nSPS) is 11.0. The van der Waals surface area contributed by atoms with Crippen LogP contribution in [0.4, 0.5) is 5.69 Å². The maximum Gasteiger partial charge on any atom is 0.251 e. The van der Waals surface area contributed by atoms with Gasteiger partial charge in [0.2, 0.25) is 11.8 Å². The Morgan fingerprint density at radius 1 is 1.03 bits per heavy atom. The van der Waals surface area contributed by atoms with Gasteiger partial charge >= 0.3 is 0 Å². The monoisotopic (exact) mass is 486 g/mol. The average Bonchev–Trinajstić information content (AvgIpc) is 3.52. The van der Waals surface area contributed by atoms with Crippen LogP contribution in [0, 0.1) is 0 Å². The van der Waals surface area contributed by atoms with E-state index in [1.165, 1.54) is 11.2 Å². The number of ether oxygens (including phenoxy) is 1. The van der Waals surface area contributed by atoms with Gasteiger partial charge in [0.25, 0.3) is 5.91 Å². The third-order valence-corrected chi connectivity index (χ3v) is 6.48. The summed E-state index contributed by atoms with van der Waals surface area (Å²) in [5.74, 6) is 0.0869. The number of hydrogen-bond donors (Lipinski definition) is 3. The van der Waals surface area contributed by atoms with Crippen molar-refractivity contribution in [3.63, 3.8) is 0 Å². The number of pyridine rings is 1. The van der Waals surface area contributed by atoms with E-state index in [9.17, 15) is 9.59 Å². The van der Waals surface area contributed by atoms with Gasteiger partial charge in [-0.25, -0.2) is 9.29 Å². The fourth-order valence-electron chi connectivity index (χ4n) is 3.73. The summed E-state index contributed by atoms with van der Waals surface area (Å²) in [5, 5.41) is 4.55. The second-order valence-corrected chi connectivity index (χ2v) is 8.69. The number of aromatic nitrogens is 4. The Morgan fingerprint density at radius 3 is 2.63 bits per heavy atom. The first kappa shape index (κ1) is 22.5. The predicted octanol–water partition coefficient (Wildman–Crippen LogP) is 4.44. The van der Waals surface area contributed by atoms with Gasteiger partial charge < -0.3 is 20.0 Å². The van der Waals surface area contributed by atoms with Crippen LogP contribution >= 0.6 is 11.9 Å². The van der Waals surface area contributed by atoms with Crippen molar-refractivity contribution < 1.29 is 14.3 Å². The predicted molar refractivity (Wildman–Crippen MR) is 135 cm³/mol. The number of carbonyl (C=O) groups excluding carboxylic acids is 2. The zero-order valence-electron chi connectivity index (χ0n) is 19.0. The van der Waals surface area contributed by atoms with Crippen LogP contribution in [-0.2, 0) is 11.3 Å². The summed E-state index contributed by atoms with van der Waals surface area (Å²) >= 11 is 1.15. The maximum absolute atomic E-state index is 12.7. The number of fused-ring (bicyclic) bond motifs is 2. The molecular formula is C25H22N6O3S. The highest BCUT2D eigenvalue weighted by Crippen LogP contribution is 2.29. The van der Waals surface area contributed by atoms with Gasteiger partial charge in [-0.05, 0) is 48.0 Å². The van der Waals surface area contributed by atoms with E-state index in [-0.39, 0.29) is 11.8 Å². The van der Waals surface area contributed by atoms with Crippen molar-refractivity contribution in [2.75, 3.05) is 11.4 Å². The number of methoxy groups -OCH3 is 1. The molecule has 0 saturated carbocycles. The Balaban J connectivity index is 1.29. The molecule has 0 aliphatic carbocycles. The van der Waals surface area contributed by atoms with Crippen LogP contribution in [0.2, 0.25) is 0 Å². The smallest absolute Gasteiger partial charge is 0.251 e. The summed E-state index contributed by atoms with van der Waals surface area (Å²) in [6.07, 6.45) is 1.88. The standard InChI is InChI=1S/C25H22N6O3S/c1-15(32)31(35-25-28-21-10-11-22(34-2)29-23(21)30-25)18-8-6-16(7-9-18)24(33)27-14-17-4-3-5-20-19(17)12-13-26-20/h3-13,26H,14H2,1-2H3,(H,27,33)(H,28,29,30). The number of amides is 2. The van der Waals surface area contributed by atoms with Crippen LogP contribution in [0.1, 0.15) is 22.8 Å². The molecule has 35 heavy (non-hydrogen) atoms. The van der Waals surface area contributed by atoms with E-state index in [1.807, 2.05) is 36.5 Å². The Morgan fingerprint density at radius 2 is 1.86 bits per heavy atom. The number of benzene rings is 2. The molecule has 0 bridgehead atoms. The van der Waals surface area contributed by atoms with Crippen molar-refractivity contribution in [1.29, 1.82) is 0 Å². The number of hydrogen-bond acceptors (Lipinski definition) is 6. The molecule has 0 unspecified atom stereocenters. The molecule has 5 aromatic rings. The molecule has 176 valence electrons. The molecule has 3 heterocycles. The molecule has 0 saturated heterocycles. The second kappa shape index (κ2) is 9.51. The maximum atomic E-state index is 12.7. The minimum atomic E-state index is -0.191. The van der Waals surface area contributed by atoms with Crippen LogP contribution in [0.5, 0.6) is 5.88 Å². The summed E-state index contributed by atoms with van der Waals surface area (Å²) in [6, 6.07) is 18.4. The van der Waals surface area contributed by atoms with E-state index in [1.54, 1.807) is 37.4 Å². The Kier molecular flexibility index (Phi) is 6.11. The van der Waals surface area contributed by atoms with Crippen molar-refractivity contribution in [2.45, 2.75) is 18.6 Å². The second-order valence-electron chi connectivity index (χ2n) is 7.76. The number of nitrogens with one attached hydrogen (secondary N) is 3. The Hall–Kier alpha value is -4.31. The first-order chi connectivity index (χ1) is 17.0. The van der Waals surface area contributed by atoms with Gasteiger partial charge in [0.15, 0.2) is 10.8 Å². The summed E-state index contributed by atoms with van der Waals surface area (Å²) in [7, 11) is 1.54. The summed E-state index contributed by atoms with van der Waals surface area (Å²) < 4.78 is 6.64. The van der Waals surface area contributed by atoms with Gasteiger partial charge in [-0.1, -0.05) is 12.1 Å². The number of nitrogens with zero attached hydrogens (tertiary/aromatic N) is 3. The molecule has 0 radical (unpaired) electrons. The van der Waals surface area contributed by atoms with Crippen molar-refractivity contribution >= 4 is 51.5 Å². The number of anilines is 1. The molecule has 3 N–H and O–H groups in total. The van der Waals surface area contributed by atoms with E-state index in [0.29, 0.717) is 34.5 Å². The molecule has 2 aromatic carbocycles. The molecule has 2 amide bonds. The van der Waals surface area contributed by atoms with Crippen molar-refractivity contribution in [3.8, 4) is 5.88 Å². The highest BCUT2D eigenvalue weighted by molar-refractivity contribution is 8.01. The minimum Gasteiger partial charge on any atom is -0.481 e. The highest BCUT2D eigenvalue weighted by Gasteiger charge is 2.17. The van der Waals surface area contributed by atoms with Crippen molar-refractivity contribution in [3.05, 3.63) is 78.0 Å².